The van der Waals surface area contributed by atoms with E-state index in [2.05, 4.69) is 20.3 Å². The van der Waals surface area contributed by atoms with Gasteiger partial charge in [0.15, 0.2) is 0 Å². The lowest BCUT2D eigenvalue weighted by Gasteiger charge is -2.27. The lowest BCUT2D eigenvalue weighted by molar-refractivity contribution is -0.141. The van der Waals surface area contributed by atoms with E-state index in [0.717, 1.165) is 29.1 Å². The number of aromatic amines is 1. The van der Waals surface area contributed by atoms with Crippen LogP contribution in [0, 0.1) is 5.92 Å². The maximum Gasteiger partial charge on any atom is 0.433 e. The standard InChI is InChI=1S/C22H22F3N5O2/c1-12(2)30(13-7-8-18(26-10-13)22(23,24)25)19(31)11-27-21(32)15-9-14(15)20-28-16-5-3-4-6-17(16)29-20/h3-8,10,12,14-15H,9,11H2,1-2H3,(H,27,32)(H,28,29)/t14-,15-/m0/s1. The number of halogens is 3. The Hall–Kier alpha value is -3.43. The van der Waals surface area contributed by atoms with E-state index in [1.165, 1.54) is 11.0 Å². The van der Waals surface area contributed by atoms with Gasteiger partial charge in [0.1, 0.15) is 11.5 Å². The zero-order valence-electron chi connectivity index (χ0n) is 17.5. The first-order valence-electron chi connectivity index (χ1n) is 10.2. The van der Waals surface area contributed by atoms with Crippen LogP contribution in [0.5, 0.6) is 0 Å². The average Bonchev–Trinajstić information content (AvgIpc) is 3.43. The molecule has 1 aliphatic rings. The number of hydrogen-bond donors (Lipinski definition) is 2. The highest BCUT2D eigenvalue weighted by Gasteiger charge is 2.46. The number of para-hydroxylation sites is 2. The van der Waals surface area contributed by atoms with Gasteiger partial charge in [-0.15, -0.1) is 0 Å². The second-order valence-electron chi connectivity index (χ2n) is 8.06. The normalized spacial score (nSPS) is 18.1. The van der Waals surface area contributed by atoms with E-state index in [0.29, 0.717) is 6.42 Å². The molecule has 0 unspecified atom stereocenters. The van der Waals surface area contributed by atoms with E-state index in [-0.39, 0.29) is 36.0 Å². The number of nitrogens with zero attached hydrogens (tertiary/aromatic N) is 3. The molecule has 0 aliphatic heterocycles. The molecule has 3 aromatic rings. The summed E-state index contributed by atoms with van der Waals surface area (Å²) in [5, 5.41) is 2.65. The second kappa shape index (κ2) is 8.25. The molecule has 1 aliphatic carbocycles. The minimum absolute atomic E-state index is 0.0298. The number of aromatic nitrogens is 3. The molecule has 2 N–H and O–H groups in total. The van der Waals surface area contributed by atoms with Gasteiger partial charge in [0, 0.05) is 17.9 Å². The Labute approximate surface area is 182 Å². The van der Waals surface area contributed by atoms with E-state index >= 15 is 0 Å². The van der Waals surface area contributed by atoms with Gasteiger partial charge < -0.3 is 15.2 Å². The maximum absolute atomic E-state index is 12.7. The van der Waals surface area contributed by atoms with Crippen LogP contribution in [0.2, 0.25) is 0 Å². The van der Waals surface area contributed by atoms with Crippen molar-refractivity contribution in [1.82, 2.24) is 20.3 Å². The third kappa shape index (κ3) is 4.44. The van der Waals surface area contributed by atoms with Crippen molar-refractivity contribution in [2.24, 2.45) is 5.92 Å². The Balaban J connectivity index is 1.37. The van der Waals surface area contributed by atoms with Gasteiger partial charge in [-0.3, -0.25) is 9.59 Å². The van der Waals surface area contributed by atoms with E-state index in [1.54, 1.807) is 13.8 Å². The number of anilines is 1. The van der Waals surface area contributed by atoms with Crippen LogP contribution in [-0.2, 0) is 15.8 Å². The van der Waals surface area contributed by atoms with E-state index < -0.39 is 17.8 Å². The molecule has 32 heavy (non-hydrogen) atoms. The number of alkyl halides is 3. The number of amides is 2. The molecule has 10 heteroatoms. The van der Waals surface area contributed by atoms with Gasteiger partial charge in [0.2, 0.25) is 11.8 Å². The van der Waals surface area contributed by atoms with Crippen molar-refractivity contribution in [3.05, 3.63) is 54.1 Å². The number of imidazole rings is 1. The zero-order valence-corrected chi connectivity index (χ0v) is 17.5. The van der Waals surface area contributed by atoms with Gasteiger partial charge in [-0.2, -0.15) is 13.2 Å². The number of pyridine rings is 1. The highest BCUT2D eigenvalue weighted by atomic mass is 19.4. The summed E-state index contributed by atoms with van der Waals surface area (Å²) in [7, 11) is 0. The molecule has 2 amide bonds. The predicted molar refractivity (Wildman–Crippen MR) is 112 cm³/mol. The number of rotatable bonds is 6. The van der Waals surface area contributed by atoms with Gasteiger partial charge in [0.05, 0.1) is 29.5 Å². The number of hydrogen-bond acceptors (Lipinski definition) is 4. The zero-order chi connectivity index (χ0) is 23.0. The van der Waals surface area contributed by atoms with Gasteiger partial charge in [-0.1, -0.05) is 12.1 Å². The van der Waals surface area contributed by atoms with Gasteiger partial charge in [0.25, 0.3) is 0 Å². The number of fused-ring (bicyclic) bond motifs is 1. The maximum atomic E-state index is 12.7. The van der Waals surface area contributed by atoms with Crippen LogP contribution in [-0.4, -0.2) is 39.4 Å². The molecular weight excluding hydrogens is 423 g/mol. The fraction of sp³-hybridized carbons (Fsp3) is 0.364. The minimum atomic E-state index is -4.56. The van der Waals surface area contributed by atoms with Gasteiger partial charge in [-0.25, -0.2) is 9.97 Å². The fourth-order valence-electron chi connectivity index (χ4n) is 3.74. The van der Waals surface area contributed by atoms with Crippen LogP contribution in [0.15, 0.2) is 42.6 Å². The number of H-pyrrole nitrogens is 1. The van der Waals surface area contributed by atoms with Crippen LogP contribution in [0.1, 0.15) is 37.7 Å². The molecule has 0 radical (unpaired) electrons. The summed E-state index contributed by atoms with van der Waals surface area (Å²) in [6.07, 6.45) is -2.91. The summed E-state index contributed by atoms with van der Waals surface area (Å²) in [6.45, 7) is 3.20. The Morgan fingerprint density at radius 2 is 1.97 bits per heavy atom. The Morgan fingerprint density at radius 3 is 2.59 bits per heavy atom. The monoisotopic (exact) mass is 445 g/mol. The summed E-state index contributed by atoms with van der Waals surface area (Å²) in [5.74, 6) is -0.243. The molecule has 2 atom stereocenters. The van der Waals surface area contributed by atoms with Crippen molar-refractivity contribution in [3.63, 3.8) is 0 Å². The first-order valence-corrected chi connectivity index (χ1v) is 10.2. The Bertz CT molecular complexity index is 1110. The molecule has 1 fully saturated rings. The van der Waals surface area contributed by atoms with E-state index in [4.69, 9.17) is 0 Å². The average molecular weight is 445 g/mol. The molecule has 1 aromatic carbocycles. The number of nitrogens with one attached hydrogen (secondary N) is 2. The highest BCUT2D eigenvalue weighted by Crippen LogP contribution is 2.46. The predicted octanol–water partition coefficient (Wildman–Crippen LogP) is 3.64. The van der Waals surface area contributed by atoms with Crippen molar-refractivity contribution in [1.29, 1.82) is 0 Å². The number of carbonyl (C=O) groups is 2. The smallest absolute Gasteiger partial charge is 0.347 e. The van der Waals surface area contributed by atoms with Crippen LogP contribution >= 0.6 is 0 Å². The topological polar surface area (TPSA) is 91.0 Å². The van der Waals surface area contributed by atoms with Crippen LogP contribution in [0.3, 0.4) is 0 Å². The summed E-state index contributed by atoms with van der Waals surface area (Å²) >= 11 is 0. The van der Waals surface area contributed by atoms with Crippen molar-refractivity contribution >= 4 is 28.5 Å². The van der Waals surface area contributed by atoms with Crippen LogP contribution in [0.25, 0.3) is 11.0 Å². The first kappa shape index (κ1) is 21.8. The van der Waals surface area contributed by atoms with E-state index in [9.17, 15) is 22.8 Å². The number of benzene rings is 1. The van der Waals surface area contributed by atoms with Gasteiger partial charge >= 0.3 is 6.18 Å². The molecule has 0 spiro atoms. The molecule has 0 saturated heterocycles. The van der Waals surface area contributed by atoms with Crippen LogP contribution < -0.4 is 10.2 Å². The molecule has 1 saturated carbocycles. The Kier molecular flexibility index (Phi) is 5.62. The van der Waals surface area contributed by atoms with Crippen LogP contribution in [0.4, 0.5) is 18.9 Å². The van der Waals surface area contributed by atoms with Gasteiger partial charge in [-0.05, 0) is 44.5 Å². The second-order valence-corrected chi connectivity index (χ2v) is 8.06. The molecule has 168 valence electrons. The molecular formula is C22H22F3N5O2. The lowest BCUT2D eigenvalue weighted by Crippen LogP contribution is -2.44. The molecule has 4 rings (SSSR count). The summed E-state index contributed by atoms with van der Waals surface area (Å²) in [6, 6.07) is 9.30. The first-order chi connectivity index (χ1) is 15.1. The van der Waals surface area contributed by atoms with Crippen molar-refractivity contribution in [2.45, 2.75) is 38.4 Å². The highest BCUT2D eigenvalue weighted by molar-refractivity contribution is 5.97. The lowest BCUT2D eigenvalue weighted by atomic mass is 10.2. The van der Waals surface area contributed by atoms with Crippen molar-refractivity contribution in [3.8, 4) is 0 Å². The molecule has 7 nitrogen and oxygen atoms in total. The summed E-state index contributed by atoms with van der Waals surface area (Å²) in [5.41, 5.74) is 0.942. The summed E-state index contributed by atoms with van der Waals surface area (Å²) in [4.78, 5) is 37.7. The minimum Gasteiger partial charge on any atom is -0.347 e. The quantitative estimate of drug-likeness (QED) is 0.606. The molecule has 2 aromatic heterocycles. The molecule has 2 heterocycles. The molecule has 0 bridgehead atoms. The van der Waals surface area contributed by atoms with Crippen molar-refractivity contribution < 1.29 is 22.8 Å². The number of carbonyl (C=O) groups excluding carboxylic acids is 2. The third-order valence-electron chi connectivity index (χ3n) is 5.40. The Morgan fingerprint density at radius 1 is 1.22 bits per heavy atom. The van der Waals surface area contributed by atoms with Crippen molar-refractivity contribution in [2.75, 3.05) is 11.4 Å². The SMILES string of the molecule is CC(C)N(C(=O)CNC(=O)[C@H]1C[C@@H]1c1nc2ccccc2[nH]1)c1ccc(C(F)(F)F)nc1. The third-order valence-corrected chi connectivity index (χ3v) is 5.40. The summed E-state index contributed by atoms with van der Waals surface area (Å²) < 4.78 is 38.2. The van der Waals surface area contributed by atoms with E-state index in [1.807, 2.05) is 24.3 Å². The largest absolute Gasteiger partial charge is 0.433 e. The fourth-order valence-corrected chi connectivity index (χ4v) is 3.74.